The first-order valence-electron chi connectivity index (χ1n) is 7.37. The summed E-state index contributed by atoms with van der Waals surface area (Å²) >= 11 is 0. The fourth-order valence-electron chi connectivity index (χ4n) is 1.85. The summed E-state index contributed by atoms with van der Waals surface area (Å²) in [6, 6.07) is 6.52. The number of nitrogens with one attached hydrogen (secondary N) is 2. The van der Waals surface area contributed by atoms with Crippen molar-refractivity contribution in [2.45, 2.75) is 19.9 Å². The van der Waals surface area contributed by atoms with Crippen LogP contribution in [0.2, 0.25) is 0 Å². The van der Waals surface area contributed by atoms with Crippen LogP contribution in [0, 0.1) is 5.92 Å². The fourth-order valence-corrected chi connectivity index (χ4v) is 1.85. The quantitative estimate of drug-likeness (QED) is 0.709. The number of hydrogen-bond donors (Lipinski definition) is 2. The summed E-state index contributed by atoms with van der Waals surface area (Å²) in [4.78, 5) is 23.3. The number of hydrogen-bond acceptors (Lipinski definition) is 5. The van der Waals surface area contributed by atoms with Crippen LogP contribution in [0.5, 0.6) is 11.5 Å². The van der Waals surface area contributed by atoms with Crippen LogP contribution in [-0.2, 0) is 9.53 Å². The average molecular weight is 324 g/mol. The van der Waals surface area contributed by atoms with Gasteiger partial charge in [-0.15, -0.1) is 0 Å². The maximum absolute atomic E-state index is 12.1. The van der Waals surface area contributed by atoms with Gasteiger partial charge < -0.3 is 24.8 Å². The highest BCUT2D eigenvalue weighted by Gasteiger charge is 2.24. The Kier molecular flexibility index (Phi) is 7.73. The summed E-state index contributed by atoms with van der Waals surface area (Å²) in [5.41, 5.74) is 0. The lowest BCUT2D eigenvalue weighted by Crippen LogP contribution is -2.50. The van der Waals surface area contributed by atoms with Gasteiger partial charge in [-0.2, -0.15) is 0 Å². The summed E-state index contributed by atoms with van der Waals surface area (Å²) < 4.78 is 15.1. The maximum atomic E-state index is 12.1. The summed E-state index contributed by atoms with van der Waals surface area (Å²) in [6.45, 7) is 4.33. The van der Waals surface area contributed by atoms with Crippen LogP contribution < -0.4 is 20.1 Å². The van der Waals surface area contributed by atoms with Crippen molar-refractivity contribution >= 4 is 12.0 Å². The molecular formula is C16H24N2O5. The van der Waals surface area contributed by atoms with Crippen molar-refractivity contribution in [2.75, 3.05) is 27.4 Å². The lowest BCUT2D eigenvalue weighted by atomic mass is 10.0. The van der Waals surface area contributed by atoms with Crippen molar-refractivity contribution in [3.63, 3.8) is 0 Å². The Hall–Kier alpha value is -2.44. The molecule has 7 heteroatoms. The van der Waals surface area contributed by atoms with Crippen molar-refractivity contribution < 1.29 is 23.8 Å². The molecule has 0 aliphatic carbocycles. The van der Waals surface area contributed by atoms with Gasteiger partial charge in [-0.1, -0.05) is 13.8 Å². The van der Waals surface area contributed by atoms with E-state index in [1.165, 1.54) is 7.11 Å². The van der Waals surface area contributed by atoms with Crippen LogP contribution in [-0.4, -0.2) is 45.4 Å². The van der Waals surface area contributed by atoms with Gasteiger partial charge in [0.05, 0.1) is 20.8 Å². The highest BCUT2D eigenvalue weighted by Crippen LogP contribution is 2.16. The van der Waals surface area contributed by atoms with Crippen LogP contribution in [0.3, 0.4) is 0 Å². The molecule has 0 spiro atoms. The second-order valence-corrected chi connectivity index (χ2v) is 5.17. The molecule has 2 N–H and O–H groups in total. The number of rotatable bonds is 8. The zero-order valence-corrected chi connectivity index (χ0v) is 13.9. The Labute approximate surface area is 136 Å². The summed E-state index contributed by atoms with van der Waals surface area (Å²) in [5, 5.41) is 5.24. The van der Waals surface area contributed by atoms with Gasteiger partial charge >= 0.3 is 6.09 Å². The molecule has 128 valence electrons. The van der Waals surface area contributed by atoms with Crippen molar-refractivity contribution in [1.29, 1.82) is 0 Å². The van der Waals surface area contributed by atoms with Crippen molar-refractivity contribution in [1.82, 2.24) is 10.6 Å². The first kappa shape index (κ1) is 18.6. The summed E-state index contributed by atoms with van der Waals surface area (Å²) in [6.07, 6.45) is -0.631. The minimum atomic E-state index is -0.650. The third-order valence-corrected chi connectivity index (χ3v) is 3.14. The number of carbonyl (C=O) groups excluding carboxylic acids is 2. The first-order valence-corrected chi connectivity index (χ1v) is 7.37. The van der Waals surface area contributed by atoms with E-state index in [0.29, 0.717) is 18.9 Å². The second kappa shape index (κ2) is 9.55. The van der Waals surface area contributed by atoms with Gasteiger partial charge in [-0.25, -0.2) is 4.79 Å². The predicted molar refractivity (Wildman–Crippen MR) is 85.7 cm³/mol. The molecule has 0 aromatic heterocycles. The van der Waals surface area contributed by atoms with Gasteiger partial charge in [0.25, 0.3) is 0 Å². The third-order valence-electron chi connectivity index (χ3n) is 3.14. The lowest BCUT2D eigenvalue weighted by molar-refractivity contribution is -0.124. The van der Waals surface area contributed by atoms with Gasteiger partial charge in [0, 0.05) is 0 Å². The highest BCUT2D eigenvalue weighted by molar-refractivity contribution is 5.85. The molecule has 0 fully saturated rings. The Morgan fingerprint density at radius 3 is 2.22 bits per heavy atom. The molecule has 7 nitrogen and oxygen atoms in total. The van der Waals surface area contributed by atoms with E-state index >= 15 is 0 Å². The van der Waals surface area contributed by atoms with Crippen LogP contribution >= 0.6 is 0 Å². The molecule has 1 rings (SSSR count). The molecular weight excluding hydrogens is 300 g/mol. The SMILES string of the molecule is COC(=O)N[C@@H](C(=O)NCCOc1ccc(OC)cc1)C(C)C. The molecule has 0 aliphatic rings. The van der Waals surface area contributed by atoms with Gasteiger partial charge in [-0.3, -0.25) is 4.79 Å². The molecule has 0 bridgehead atoms. The number of benzene rings is 1. The highest BCUT2D eigenvalue weighted by atomic mass is 16.5. The summed E-state index contributed by atoms with van der Waals surface area (Å²) in [7, 11) is 2.85. The average Bonchev–Trinajstić information content (AvgIpc) is 2.56. The van der Waals surface area contributed by atoms with Crippen molar-refractivity contribution in [2.24, 2.45) is 5.92 Å². The number of amides is 2. The minimum absolute atomic E-state index is 0.0587. The van der Waals surface area contributed by atoms with E-state index in [1.807, 2.05) is 13.8 Å². The monoisotopic (exact) mass is 324 g/mol. The normalized spacial score (nSPS) is 11.5. The Morgan fingerprint density at radius 2 is 1.70 bits per heavy atom. The largest absolute Gasteiger partial charge is 0.497 e. The van der Waals surface area contributed by atoms with Gasteiger partial charge in [0.1, 0.15) is 24.1 Å². The van der Waals surface area contributed by atoms with Crippen molar-refractivity contribution in [3.05, 3.63) is 24.3 Å². The molecule has 1 aromatic rings. The van der Waals surface area contributed by atoms with E-state index in [9.17, 15) is 9.59 Å². The van der Waals surface area contributed by atoms with E-state index in [4.69, 9.17) is 9.47 Å². The molecule has 0 heterocycles. The fraction of sp³-hybridized carbons (Fsp3) is 0.500. The Morgan fingerprint density at radius 1 is 1.09 bits per heavy atom. The van der Waals surface area contributed by atoms with Gasteiger partial charge in [-0.05, 0) is 30.2 Å². The predicted octanol–water partition coefficient (Wildman–Crippen LogP) is 1.57. The van der Waals surface area contributed by atoms with Gasteiger partial charge in [0.15, 0.2) is 0 Å². The van der Waals surface area contributed by atoms with Gasteiger partial charge in [0.2, 0.25) is 5.91 Å². The Bertz CT molecular complexity index is 502. The molecule has 0 saturated heterocycles. The standard InChI is InChI=1S/C16H24N2O5/c1-11(2)14(18-16(20)22-4)15(19)17-9-10-23-13-7-5-12(21-3)6-8-13/h5-8,11,14H,9-10H2,1-4H3,(H,17,19)(H,18,20)/t14-/m1/s1. The van der Waals surface area contributed by atoms with E-state index in [2.05, 4.69) is 15.4 Å². The Balaban J connectivity index is 2.37. The lowest BCUT2D eigenvalue weighted by Gasteiger charge is -2.20. The van der Waals surface area contributed by atoms with Crippen LogP contribution in [0.15, 0.2) is 24.3 Å². The maximum Gasteiger partial charge on any atom is 0.407 e. The number of ether oxygens (including phenoxy) is 3. The van der Waals surface area contributed by atoms with E-state index in [0.717, 1.165) is 5.75 Å². The van der Waals surface area contributed by atoms with Crippen molar-refractivity contribution in [3.8, 4) is 11.5 Å². The molecule has 0 saturated carbocycles. The van der Waals surface area contributed by atoms with E-state index in [1.54, 1.807) is 31.4 Å². The van der Waals surface area contributed by atoms with Crippen LogP contribution in [0.1, 0.15) is 13.8 Å². The van der Waals surface area contributed by atoms with E-state index in [-0.39, 0.29) is 11.8 Å². The summed E-state index contributed by atoms with van der Waals surface area (Å²) in [5.74, 6) is 1.10. The molecule has 1 atom stereocenters. The molecule has 0 aliphatic heterocycles. The number of methoxy groups -OCH3 is 2. The zero-order chi connectivity index (χ0) is 17.2. The molecule has 1 aromatic carbocycles. The molecule has 23 heavy (non-hydrogen) atoms. The molecule has 2 amide bonds. The van der Waals surface area contributed by atoms with E-state index < -0.39 is 12.1 Å². The van der Waals surface area contributed by atoms with Crippen LogP contribution in [0.25, 0.3) is 0 Å². The molecule has 0 radical (unpaired) electrons. The number of carbonyl (C=O) groups is 2. The van der Waals surface area contributed by atoms with Crippen LogP contribution in [0.4, 0.5) is 4.79 Å². The topological polar surface area (TPSA) is 85.9 Å². The minimum Gasteiger partial charge on any atom is -0.497 e. The zero-order valence-electron chi connectivity index (χ0n) is 13.9. The smallest absolute Gasteiger partial charge is 0.407 e. The second-order valence-electron chi connectivity index (χ2n) is 5.17. The first-order chi connectivity index (χ1) is 11.0. The third kappa shape index (κ3) is 6.46. The molecule has 0 unspecified atom stereocenters. The number of alkyl carbamates (subject to hydrolysis) is 1.